The molecule has 2 atom stereocenters. The normalized spacial score (nSPS) is 18.4. The Morgan fingerprint density at radius 2 is 1.86 bits per heavy atom. The summed E-state index contributed by atoms with van der Waals surface area (Å²) in [5.41, 5.74) is 1.14. The van der Waals surface area contributed by atoms with Crippen LogP contribution in [0.5, 0.6) is 5.75 Å². The number of rotatable bonds is 8. The molecule has 1 aliphatic rings. The van der Waals surface area contributed by atoms with Crippen molar-refractivity contribution in [3.63, 3.8) is 0 Å². The van der Waals surface area contributed by atoms with Crippen molar-refractivity contribution in [1.82, 2.24) is 4.90 Å². The number of benzene rings is 1. The predicted molar refractivity (Wildman–Crippen MR) is 91.5 cm³/mol. The lowest BCUT2D eigenvalue weighted by atomic mass is 9.99. The summed E-state index contributed by atoms with van der Waals surface area (Å²) >= 11 is 0. The smallest absolute Gasteiger partial charge is 0.119 e. The summed E-state index contributed by atoms with van der Waals surface area (Å²) in [5, 5.41) is 13.4. The number of ether oxygens (including phenoxy) is 1. The van der Waals surface area contributed by atoms with Gasteiger partial charge in [0.15, 0.2) is 0 Å². The van der Waals surface area contributed by atoms with Crippen LogP contribution >= 0.6 is 0 Å². The molecule has 1 aliphatic carbocycles. The number of aliphatic hydroxyl groups is 1. The van der Waals surface area contributed by atoms with Crippen LogP contribution in [0.1, 0.15) is 32.6 Å². The Morgan fingerprint density at radius 3 is 2.45 bits per heavy atom. The van der Waals surface area contributed by atoms with E-state index in [1.54, 1.807) is 0 Å². The first kappa shape index (κ1) is 17.1. The van der Waals surface area contributed by atoms with E-state index >= 15 is 0 Å². The molecule has 1 aromatic carbocycles. The second-order valence-electron chi connectivity index (χ2n) is 6.73. The molecule has 0 spiro atoms. The fourth-order valence-electron chi connectivity index (χ4n) is 3.15. The highest BCUT2D eigenvalue weighted by Crippen LogP contribution is 2.29. The Balaban J connectivity index is 1.77. The summed E-state index contributed by atoms with van der Waals surface area (Å²) in [6.07, 6.45) is 4.98. The molecule has 2 rings (SSSR count). The van der Waals surface area contributed by atoms with Crippen molar-refractivity contribution in [3.05, 3.63) is 24.3 Å². The van der Waals surface area contributed by atoms with Crippen LogP contribution in [0.3, 0.4) is 0 Å². The molecule has 1 fully saturated rings. The third-order valence-corrected chi connectivity index (χ3v) is 4.37. The second-order valence-corrected chi connectivity index (χ2v) is 6.73. The van der Waals surface area contributed by atoms with Gasteiger partial charge in [0.2, 0.25) is 0 Å². The lowest BCUT2D eigenvalue weighted by molar-refractivity contribution is 0.0831. The molecule has 1 saturated carbocycles. The summed E-state index contributed by atoms with van der Waals surface area (Å²) in [6.45, 7) is 3.21. The summed E-state index contributed by atoms with van der Waals surface area (Å²) in [7, 11) is 3.88. The third kappa shape index (κ3) is 5.50. The van der Waals surface area contributed by atoms with E-state index in [0.29, 0.717) is 19.2 Å². The maximum atomic E-state index is 9.80. The highest BCUT2D eigenvalue weighted by Gasteiger charge is 2.21. The van der Waals surface area contributed by atoms with Crippen molar-refractivity contribution >= 4 is 5.69 Å². The Kier molecular flexibility index (Phi) is 6.52. The molecule has 0 saturated heterocycles. The van der Waals surface area contributed by atoms with Crippen LogP contribution in [-0.4, -0.2) is 49.4 Å². The number of aliphatic hydroxyl groups excluding tert-OH is 1. The molecule has 2 unspecified atom stereocenters. The number of likely N-dealkylation sites (N-methyl/N-ethyl adjacent to an activating group) is 1. The molecular formula is C18H30N2O2. The number of anilines is 1. The minimum Gasteiger partial charge on any atom is -0.491 e. The van der Waals surface area contributed by atoms with E-state index in [4.69, 9.17) is 4.74 Å². The van der Waals surface area contributed by atoms with Gasteiger partial charge in [0, 0.05) is 18.3 Å². The third-order valence-electron chi connectivity index (χ3n) is 4.37. The average molecular weight is 306 g/mol. The van der Waals surface area contributed by atoms with Gasteiger partial charge < -0.3 is 20.1 Å². The topological polar surface area (TPSA) is 44.7 Å². The van der Waals surface area contributed by atoms with E-state index < -0.39 is 6.10 Å². The lowest BCUT2D eigenvalue weighted by Crippen LogP contribution is -2.30. The van der Waals surface area contributed by atoms with E-state index in [2.05, 4.69) is 24.4 Å². The summed E-state index contributed by atoms with van der Waals surface area (Å²) in [5.74, 6) is 1.61. The quantitative estimate of drug-likeness (QED) is 0.775. The van der Waals surface area contributed by atoms with Gasteiger partial charge in [-0.15, -0.1) is 0 Å². The molecule has 4 nitrogen and oxygen atoms in total. The van der Waals surface area contributed by atoms with Crippen molar-refractivity contribution in [2.75, 3.05) is 32.6 Å². The van der Waals surface area contributed by atoms with Crippen molar-refractivity contribution < 1.29 is 9.84 Å². The molecule has 0 bridgehead atoms. The van der Waals surface area contributed by atoms with Crippen molar-refractivity contribution in [1.29, 1.82) is 0 Å². The molecule has 4 heteroatoms. The number of nitrogens with zero attached hydrogens (tertiary/aromatic N) is 1. The van der Waals surface area contributed by atoms with Crippen LogP contribution < -0.4 is 10.1 Å². The van der Waals surface area contributed by atoms with E-state index in [0.717, 1.165) is 17.4 Å². The van der Waals surface area contributed by atoms with E-state index in [9.17, 15) is 5.11 Å². The van der Waals surface area contributed by atoms with Gasteiger partial charge in [-0.3, -0.25) is 0 Å². The van der Waals surface area contributed by atoms with Crippen LogP contribution in [0.4, 0.5) is 5.69 Å². The SMILES string of the molecule is CC(Nc1ccc(OCC(O)CN(C)C)cc1)C1CCCC1. The fourth-order valence-corrected chi connectivity index (χ4v) is 3.15. The first-order valence-electron chi connectivity index (χ1n) is 8.37. The summed E-state index contributed by atoms with van der Waals surface area (Å²) < 4.78 is 5.62. The van der Waals surface area contributed by atoms with Gasteiger partial charge in [0.05, 0.1) is 0 Å². The van der Waals surface area contributed by atoms with Gasteiger partial charge >= 0.3 is 0 Å². The van der Waals surface area contributed by atoms with Crippen molar-refractivity contribution in [2.45, 2.75) is 44.8 Å². The molecule has 0 heterocycles. The summed E-state index contributed by atoms with van der Waals surface area (Å²) in [4.78, 5) is 1.95. The van der Waals surface area contributed by atoms with Crippen molar-refractivity contribution in [2.24, 2.45) is 5.92 Å². The van der Waals surface area contributed by atoms with Gasteiger partial charge in [-0.1, -0.05) is 12.8 Å². The van der Waals surface area contributed by atoms with E-state index in [-0.39, 0.29) is 0 Å². The fraction of sp³-hybridized carbons (Fsp3) is 0.667. The standard InChI is InChI=1S/C18H30N2O2/c1-14(15-6-4-5-7-15)19-16-8-10-18(11-9-16)22-13-17(21)12-20(2)3/h8-11,14-15,17,19,21H,4-7,12-13H2,1-3H3. The first-order chi connectivity index (χ1) is 10.5. The summed E-state index contributed by atoms with van der Waals surface area (Å²) in [6, 6.07) is 8.56. The van der Waals surface area contributed by atoms with E-state index in [1.807, 2.05) is 31.1 Å². The molecule has 124 valence electrons. The van der Waals surface area contributed by atoms with Crippen LogP contribution in [-0.2, 0) is 0 Å². The zero-order valence-corrected chi connectivity index (χ0v) is 14.1. The number of hydrogen-bond acceptors (Lipinski definition) is 4. The molecule has 1 aromatic rings. The number of hydrogen-bond donors (Lipinski definition) is 2. The molecule has 22 heavy (non-hydrogen) atoms. The van der Waals surface area contributed by atoms with Gasteiger partial charge in [-0.05, 0) is 64.0 Å². The Bertz CT molecular complexity index is 427. The zero-order valence-electron chi connectivity index (χ0n) is 14.1. The van der Waals surface area contributed by atoms with Crippen LogP contribution in [0.2, 0.25) is 0 Å². The molecular weight excluding hydrogens is 276 g/mol. The van der Waals surface area contributed by atoms with Gasteiger partial charge in [0.1, 0.15) is 18.5 Å². The first-order valence-corrected chi connectivity index (χ1v) is 8.37. The lowest BCUT2D eigenvalue weighted by Gasteiger charge is -2.21. The van der Waals surface area contributed by atoms with E-state index in [1.165, 1.54) is 25.7 Å². The van der Waals surface area contributed by atoms with Crippen LogP contribution in [0.25, 0.3) is 0 Å². The predicted octanol–water partition coefficient (Wildman–Crippen LogP) is 2.98. The maximum Gasteiger partial charge on any atom is 0.119 e. The van der Waals surface area contributed by atoms with Gasteiger partial charge in [-0.25, -0.2) is 0 Å². The minimum absolute atomic E-state index is 0.323. The molecule has 0 aromatic heterocycles. The largest absolute Gasteiger partial charge is 0.491 e. The van der Waals surface area contributed by atoms with Crippen LogP contribution in [0.15, 0.2) is 24.3 Å². The average Bonchev–Trinajstić information content (AvgIpc) is 3.00. The van der Waals surface area contributed by atoms with Crippen LogP contribution in [0, 0.1) is 5.92 Å². The minimum atomic E-state index is -0.463. The Hall–Kier alpha value is -1.26. The zero-order chi connectivity index (χ0) is 15.9. The molecule has 0 aliphatic heterocycles. The molecule has 0 radical (unpaired) electrons. The van der Waals surface area contributed by atoms with Gasteiger partial charge in [0.25, 0.3) is 0 Å². The maximum absolute atomic E-state index is 9.80. The van der Waals surface area contributed by atoms with Crippen molar-refractivity contribution in [3.8, 4) is 5.75 Å². The highest BCUT2D eigenvalue weighted by molar-refractivity contribution is 5.47. The molecule has 0 amide bonds. The Labute approximate surface area is 134 Å². The number of nitrogens with one attached hydrogen (secondary N) is 1. The highest BCUT2D eigenvalue weighted by atomic mass is 16.5. The monoisotopic (exact) mass is 306 g/mol. The molecule has 2 N–H and O–H groups in total. The second kappa shape index (κ2) is 8.39. The Morgan fingerprint density at radius 1 is 1.23 bits per heavy atom. The van der Waals surface area contributed by atoms with Gasteiger partial charge in [-0.2, -0.15) is 0 Å².